The van der Waals surface area contributed by atoms with E-state index in [1.54, 1.807) is 13.0 Å². The predicted molar refractivity (Wildman–Crippen MR) is 149 cm³/mol. The van der Waals surface area contributed by atoms with Crippen LogP contribution in [0.3, 0.4) is 0 Å². The van der Waals surface area contributed by atoms with Crippen LogP contribution in [0.1, 0.15) is 95.0 Å². The van der Waals surface area contributed by atoms with Crippen LogP contribution < -0.4 is 20.1 Å². The molecule has 1 aromatic carbocycles. The van der Waals surface area contributed by atoms with Gasteiger partial charge < -0.3 is 25.2 Å². The van der Waals surface area contributed by atoms with Crippen molar-refractivity contribution >= 4 is 17.8 Å². The molecule has 3 aliphatic carbocycles. The molecule has 3 saturated carbocycles. The molecule has 2 amide bonds. The third kappa shape index (κ3) is 6.37. The molecule has 0 saturated heterocycles. The summed E-state index contributed by atoms with van der Waals surface area (Å²) in [6.45, 7) is 8.78. The number of carbonyl (C=O) groups excluding carboxylic acids is 2. The van der Waals surface area contributed by atoms with Gasteiger partial charge >= 0.3 is 5.97 Å². The standard InChI is InChI=1S/C31H43N3O6/c1-30(2,3)12-13-33-28(36)25-18-6-7-19(14-18)26(25)34-27(35)22-16-23(20(17-32)15-24(22)39-5)40-21-8-10-31(4,11-9-21)29(37)38/h15-16,18-19,21,25-26H,6-14H2,1-5H3,(H,33,36)(H,34,35)(H,37,38)/t18-,19+,21-,25+,26-,31+/m1/s1. The van der Waals surface area contributed by atoms with Gasteiger partial charge in [0, 0.05) is 18.7 Å². The van der Waals surface area contributed by atoms with Crippen molar-refractivity contribution < 1.29 is 29.0 Å². The average Bonchev–Trinajstić information content (AvgIpc) is 3.51. The largest absolute Gasteiger partial charge is 0.496 e. The normalized spacial score (nSPS) is 29.4. The summed E-state index contributed by atoms with van der Waals surface area (Å²) in [4.78, 5) is 38.5. The van der Waals surface area contributed by atoms with Gasteiger partial charge in [-0.05, 0) is 81.6 Å². The van der Waals surface area contributed by atoms with Crippen molar-refractivity contribution in [2.24, 2.45) is 28.6 Å². The van der Waals surface area contributed by atoms with Crippen LogP contribution >= 0.6 is 0 Å². The molecule has 40 heavy (non-hydrogen) atoms. The Bertz CT molecular complexity index is 1170. The molecule has 0 aliphatic heterocycles. The van der Waals surface area contributed by atoms with E-state index in [9.17, 15) is 24.8 Å². The van der Waals surface area contributed by atoms with Crippen LogP contribution in [-0.4, -0.2) is 48.7 Å². The highest BCUT2D eigenvalue weighted by Gasteiger charge is 2.51. The first-order valence-corrected chi connectivity index (χ1v) is 14.5. The first-order chi connectivity index (χ1) is 18.8. The number of nitrogens with one attached hydrogen (secondary N) is 2. The Morgan fingerprint density at radius 2 is 1.77 bits per heavy atom. The number of carbonyl (C=O) groups is 3. The fourth-order valence-electron chi connectivity index (χ4n) is 6.61. The number of nitrogens with zero attached hydrogens (tertiary/aromatic N) is 1. The number of hydrogen-bond donors (Lipinski definition) is 3. The number of nitriles is 1. The van der Waals surface area contributed by atoms with Gasteiger partial charge in [-0.2, -0.15) is 5.26 Å². The maximum atomic E-state index is 13.6. The van der Waals surface area contributed by atoms with E-state index in [-0.39, 0.29) is 69.8 Å². The molecule has 2 bridgehead atoms. The van der Waals surface area contributed by atoms with Crippen LogP contribution in [-0.2, 0) is 9.59 Å². The predicted octanol–water partition coefficient (Wildman–Crippen LogP) is 4.68. The molecule has 4 atom stereocenters. The minimum Gasteiger partial charge on any atom is -0.496 e. The van der Waals surface area contributed by atoms with Crippen LogP contribution in [0.4, 0.5) is 0 Å². The Morgan fingerprint density at radius 1 is 1.10 bits per heavy atom. The zero-order chi connectivity index (χ0) is 29.2. The van der Waals surface area contributed by atoms with Crippen LogP contribution in [0.5, 0.6) is 11.5 Å². The number of aliphatic carboxylic acids is 1. The van der Waals surface area contributed by atoms with Crippen LogP contribution in [0.2, 0.25) is 0 Å². The van der Waals surface area contributed by atoms with Crippen molar-refractivity contribution in [2.45, 2.75) is 91.2 Å². The van der Waals surface area contributed by atoms with E-state index in [1.807, 2.05) is 0 Å². The monoisotopic (exact) mass is 553 g/mol. The summed E-state index contributed by atoms with van der Waals surface area (Å²) in [5, 5.41) is 25.5. The second-order valence-corrected chi connectivity index (χ2v) is 13.3. The summed E-state index contributed by atoms with van der Waals surface area (Å²) in [7, 11) is 1.45. The number of amides is 2. The smallest absolute Gasteiger partial charge is 0.309 e. The summed E-state index contributed by atoms with van der Waals surface area (Å²) in [6, 6.07) is 4.91. The van der Waals surface area contributed by atoms with Crippen molar-refractivity contribution in [3.8, 4) is 17.6 Å². The Morgan fingerprint density at radius 3 is 2.38 bits per heavy atom. The zero-order valence-corrected chi connectivity index (χ0v) is 24.3. The van der Waals surface area contributed by atoms with Gasteiger partial charge in [-0.1, -0.05) is 20.8 Å². The number of hydrogen-bond acceptors (Lipinski definition) is 6. The fraction of sp³-hybridized carbons (Fsp3) is 0.677. The molecule has 0 aromatic heterocycles. The topological polar surface area (TPSA) is 138 Å². The highest BCUT2D eigenvalue weighted by molar-refractivity contribution is 5.98. The Hall–Kier alpha value is -3.28. The first-order valence-electron chi connectivity index (χ1n) is 14.5. The SMILES string of the molecule is COc1cc(C#N)c(O[C@H]2CC[C@@](C)(C(=O)O)CC2)cc1C(=O)N[C@@H]1[C@H]2CC[C@H](C2)[C@@H]1C(=O)NCCC(C)(C)C. The molecule has 3 N–H and O–H groups in total. The van der Waals surface area contributed by atoms with Gasteiger partial charge in [0.05, 0.1) is 35.7 Å². The summed E-state index contributed by atoms with van der Waals surface area (Å²) >= 11 is 0. The lowest BCUT2D eigenvalue weighted by Crippen LogP contribution is -2.50. The molecule has 1 aromatic rings. The average molecular weight is 554 g/mol. The van der Waals surface area contributed by atoms with E-state index in [0.29, 0.717) is 32.2 Å². The highest BCUT2D eigenvalue weighted by Crippen LogP contribution is 2.49. The quantitative estimate of drug-likeness (QED) is 0.404. The lowest BCUT2D eigenvalue weighted by molar-refractivity contribution is -0.150. The lowest BCUT2D eigenvalue weighted by Gasteiger charge is -2.34. The van der Waals surface area contributed by atoms with Crippen molar-refractivity contribution in [1.82, 2.24) is 10.6 Å². The van der Waals surface area contributed by atoms with Gasteiger partial charge in [0.25, 0.3) is 5.91 Å². The second-order valence-electron chi connectivity index (χ2n) is 13.3. The zero-order valence-electron chi connectivity index (χ0n) is 24.3. The van der Waals surface area contributed by atoms with Crippen LogP contribution in [0, 0.1) is 39.9 Å². The molecular weight excluding hydrogens is 510 g/mol. The van der Waals surface area contributed by atoms with Gasteiger partial charge in [0.1, 0.15) is 17.6 Å². The Labute approximate surface area is 237 Å². The first kappa shape index (κ1) is 29.7. The Kier molecular flexibility index (Phi) is 8.67. The number of benzene rings is 1. The summed E-state index contributed by atoms with van der Waals surface area (Å²) in [5.41, 5.74) is -0.165. The number of rotatable bonds is 9. The fourth-order valence-corrected chi connectivity index (χ4v) is 6.61. The molecule has 0 unspecified atom stereocenters. The number of fused-ring (bicyclic) bond motifs is 2. The third-order valence-corrected chi connectivity index (χ3v) is 9.20. The molecular formula is C31H43N3O6. The number of carboxylic acids is 1. The van der Waals surface area contributed by atoms with E-state index in [2.05, 4.69) is 37.5 Å². The van der Waals surface area contributed by atoms with E-state index in [1.165, 1.54) is 13.2 Å². The van der Waals surface area contributed by atoms with Crippen molar-refractivity contribution in [3.05, 3.63) is 23.3 Å². The molecule has 9 nitrogen and oxygen atoms in total. The van der Waals surface area contributed by atoms with Crippen molar-refractivity contribution in [1.29, 1.82) is 5.26 Å². The van der Waals surface area contributed by atoms with E-state index in [4.69, 9.17) is 9.47 Å². The van der Waals surface area contributed by atoms with Gasteiger partial charge in [0.2, 0.25) is 5.91 Å². The molecule has 3 fully saturated rings. The summed E-state index contributed by atoms with van der Waals surface area (Å²) < 4.78 is 11.7. The Balaban J connectivity index is 1.50. The van der Waals surface area contributed by atoms with E-state index in [0.717, 1.165) is 25.7 Å². The molecule has 0 radical (unpaired) electrons. The summed E-state index contributed by atoms with van der Waals surface area (Å²) in [5.74, 6) is -0.392. The van der Waals surface area contributed by atoms with Crippen molar-refractivity contribution in [2.75, 3.05) is 13.7 Å². The van der Waals surface area contributed by atoms with Gasteiger partial charge in [-0.25, -0.2) is 0 Å². The number of methoxy groups -OCH3 is 1. The second kappa shape index (κ2) is 11.7. The molecule has 4 rings (SSSR count). The molecule has 0 heterocycles. The van der Waals surface area contributed by atoms with E-state index >= 15 is 0 Å². The number of ether oxygens (including phenoxy) is 2. The number of carboxylic acid groups (broad SMARTS) is 1. The lowest BCUT2D eigenvalue weighted by atomic mass is 9.75. The molecule has 3 aliphatic rings. The summed E-state index contributed by atoms with van der Waals surface area (Å²) in [6.07, 6.45) is 5.55. The molecule has 218 valence electrons. The molecule has 0 spiro atoms. The van der Waals surface area contributed by atoms with Gasteiger partial charge in [0.15, 0.2) is 0 Å². The third-order valence-electron chi connectivity index (χ3n) is 9.20. The minimum absolute atomic E-state index is 0.00299. The van der Waals surface area contributed by atoms with Crippen LogP contribution in [0.25, 0.3) is 0 Å². The van der Waals surface area contributed by atoms with Gasteiger partial charge in [-0.3, -0.25) is 14.4 Å². The van der Waals surface area contributed by atoms with Crippen molar-refractivity contribution in [3.63, 3.8) is 0 Å². The van der Waals surface area contributed by atoms with Crippen LogP contribution in [0.15, 0.2) is 12.1 Å². The molecule has 9 heteroatoms. The minimum atomic E-state index is -0.811. The van der Waals surface area contributed by atoms with Gasteiger partial charge in [-0.15, -0.1) is 0 Å². The highest BCUT2D eigenvalue weighted by atomic mass is 16.5. The maximum Gasteiger partial charge on any atom is 0.309 e. The maximum absolute atomic E-state index is 13.6. The van der Waals surface area contributed by atoms with E-state index < -0.39 is 11.4 Å².